The second kappa shape index (κ2) is 11.6. The first-order chi connectivity index (χ1) is 15.2. The van der Waals surface area contributed by atoms with Crippen LogP contribution < -0.4 is 25.0 Å². The number of nitrogens with one attached hydrogen (secondary N) is 2. The number of hydrazone groups is 1. The van der Waals surface area contributed by atoms with E-state index in [1.165, 1.54) is 6.21 Å². The highest BCUT2D eigenvalue weighted by atomic mass is 79.9. The van der Waals surface area contributed by atoms with Crippen LogP contribution in [0, 0.1) is 0 Å². The smallest absolute Gasteiger partial charge is 0.339 e. The molecular weight excluding hydrogens is 462 g/mol. The molecule has 0 fully saturated rings. The first-order valence-electron chi connectivity index (χ1n) is 9.49. The minimum absolute atomic E-state index is 0.346. The maximum atomic E-state index is 11.9. The summed E-state index contributed by atoms with van der Waals surface area (Å²) in [5, 5.41) is 6.65. The van der Waals surface area contributed by atoms with E-state index < -0.39 is 6.03 Å². The molecule has 0 aliphatic carbocycles. The van der Waals surface area contributed by atoms with Crippen molar-refractivity contribution < 1.29 is 19.0 Å². The lowest BCUT2D eigenvalue weighted by molar-refractivity contribution is 0.210. The molecule has 160 valence electrons. The highest BCUT2D eigenvalue weighted by Gasteiger charge is 2.11. The SMILES string of the molecule is COc1cc(/C=N\NC(=O)Nc2ccccc2)cc(Br)c1OCCOc1ccccc1. The molecule has 0 saturated carbocycles. The van der Waals surface area contributed by atoms with Crippen LogP contribution in [-0.2, 0) is 0 Å². The van der Waals surface area contributed by atoms with Gasteiger partial charge in [0.15, 0.2) is 11.5 Å². The Balaban J connectivity index is 1.54. The lowest BCUT2D eigenvalue weighted by Gasteiger charge is -2.14. The van der Waals surface area contributed by atoms with E-state index in [1.54, 1.807) is 25.3 Å². The maximum Gasteiger partial charge on any atom is 0.339 e. The fourth-order valence-corrected chi connectivity index (χ4v) is 3.19. The van der Waals surface area contributed by atoms with Gasteiger partial charge in [0, 0.05) is 5.69 Å². The number of carbonyl (C=O) groups excluding carboxylic acids is 1. The number of hydrogen-bond acceptors (Lipinski definition) is 5. The van der Waals surface area contributed by atoms with Crippen molar-refractivity contribution in [3.8, 4) is 17.2 Å². The molecule has 0 aliphatic rings. The average Bonchev–Trinajstić information content (AvgIpc) is 2.79. The second-order valence-electron chi connectivity index (χ2n) is 6.23. The Hall–Kier alpha value is -3.52. The van der Waals surface area contributed by atoms with Gasteiger partial charge in [-0.2, -0.15) is 5.10 Å². The molecule has 3 aromatic rings. The number of benzene rings is 3. The molecule has 0 saturated heterocycles. The Kier molecular flexibility index (Phi) is 8.30. The number of anilines is 1. The molecule has 31 heavy (non-hydrogen) atoms. The number of ether oxygens (including phenoxy) is 3. The molecule has 0 aromatic heterocycles. The number of amides is 2. The summed E-state index contributed by atoms with van der Waals surface area (Å²) in [6.45, 7) is 0.738. The highest BCUT2D eigenvalue weighted by molar-refractivity contribution is 9.10. The van der Waals surface area contributed by atoms with Gasteiger partial charge in [-0.05, 0) is 57.9 Å². The van der Waals surface area contributed by atoms with Crippen molar-refractivity contribution in [3.05, 3.63) is 82.8 Å². The van der Waals surface area contributed by atoms with Crippen molar-refractivity contribution in [1.29, 1.82) is 0 Å². The van der Waals surface area contributed by atoms with Crippen molar-refractivity contribution in [2.45, 2.75) is 0 Å². The highest BCUT2D eigenvalue weighted by Crippen LogP contribution is 2.36. The number of methoxy groups -OCH3 is 1. The van der Waals surface area contributed by atoms with Crippen LogP contribution in [0.15, 0.2) is 82.4 Å². The summed E-state index contributed by atoms with van der Waals surface area (Å²) < 4.78 is 17.6. The third-order valence-corrected chi connectivity index (χ3v) is 4.59. The van der Waals surface area contributed by atoms with E-state index >= 15 is 0 Å². The average molecular weight is 484 g/mol. The van der Waals surface area contributed by atoms with Crippen LogP contribution in [0.4, 0.5) is 10.5 Å². The van der Waals surface area contributed by atoms with Gasteiger partial charge in [-0.3, -0.25) is 0 Å². The van der Waals surface area contributed by atoms with Gasteiger partial charge in [-0.1, -0.05) is 36.4 Å². The van der Waals surface area contributed by atoms with Gasteiger partial charge < -0.3 is 19.5 Å². The Morgan fingerprint density at radius 1 is 1.00 bits per heavy atom. The fourth-order valence-electron chi connectivity index (χ4n) is 2.62. The van der Waals surface area contributed by atoms with Crippen LogP contribution >= 0.6 is 15.9 Å². The van der Waals surface area contributed by atoms with E-state index in [2.05, 4.69) is 31.8 Å². The molecule has 3 rings (SSSR count). The Morgan fingerprint density at radius 3 is 2.39 bits per heavy atom. The summed E-state index contributed by atoms with van der Waals surface area (Å²) in [5.74, 6) is 1.88. The summed E-state index contributed by atoms with van der Waals surface area (Å²) in [6, 6.07) is 21.8. The molecule has 0 heterocycles. The predicted molar refractivity (Wildman–Crippen MR) is 124 cm³/mol. The van der Waals surface area contributed by atoms with Crippen LogP contribution in [0.5, 0.6) is 17.2 Å². The summed E-state index contributed by atoms with van der Waals surface area (Å²) >= 11 is 3.49. The lowest BCUT2D eigenvalue weighted by Crippen LogP contribution is -2.24. The standard InChI is InChI=1S/C23H22BrN3O4/c1-29-21-15-17(16-25-27-23(28)26-18-8-4-2-5-9-18)14-20(24)22(21)31-13-12-30-19-10-6-3-7-11-19/h2-11,14-16H,12-13H2,1H3,(H2,26,27,28)/b25-16-. The third-order valence-electron chi connectivity index (χ3n) is 4.00. The van der Waals surface area contributed by atoms with Crippen molar-refractivity contribution >= 4 is 33.9 Å². The zero-order valence-electron chi connectivity index (χ0n) is 16.9. The van der Waals surface area contributed by atoms with E-state index in [-0.39, 0.29) is 0 Å². The van der Waals surface area contributed by atoms with Crippen LogP contribution in [0.3, 0.4) is 0 Å². The van der Waals surface area contributed by atoms with Crippen molar-refractivity contribution in [2.24, 2.45) is 5.10 Å². The zero-order chi connectivity index (χ0) is 21.9. The van der Waals surface area contributed by atoms with Crippen LogP contribution in [0.1, 0.15) is 5.56 Å². The van der Waals surface area contributed by atoms with Gasteiger partial charge in [-0.15, -0.1) is 0 Å². The quantitative estimate of drug-likeness (QED) is 0.253. The van der Waals surface area contributed by atoms with Gasteiger partial charge in [0.05, 0.1) is 17.8 Å². The topological polar surface area (TPSA) is 81.2 Å². The van der Waals surface area contributed by atoms with E-state index in [1.807, 2.05) is 54.6 Å². The van der Waals surface area contributed by atoms with Gasteiger partial charge >= 0.3 is 6.03 Å². The monoisotopic (exact) mass is 483 g/mol. The molecule has 0 unspecified atom stereocenters. The molecular formula is C23H22BrN3O4. The number of carbonyl (C=O) groups is 1. The first-order valence-corrected chi connectivity index (χ1v) is 10.3. The van der Waals surface area contributed by atoms with Gasteiger partial charge in [0.2, 0.25) is 0 Å². The third kappa shape index (κ3) is 7.04. The summed E-state index contributed by atoms with van der Waals surface area (Å²) in [4.78, 5) is 11.9. The van der Waals surface area contributed by atoms with Crippen molar-refractivity contribution in [3.63, 3.8) is 0 Å². The minimum Gasteiger partial charge on any atom is -0.493 e. The van der Waals surface area contributed by atoms with Crippen LogP contribution in [0.2, 0.25) is 0 Å². The number of halogens is 1. The number of rotatable bonds is 9. The van der Waals surface area contributed by atoms with Crippen molar-refractivity contribution in [1.82, 2.24) is 5.43 Å². The molecule has 0 aliphatic heterocycles. The van der Waals surface area contributed by atoms with Gasteiger partial charge in [-0.25, -0.2) is 10.2 Å². The normalized spacial score (nSPS) is 10.5. The Bertz CT molecular complexity index is 1010. The molecule has 0 atom stereocenters. The number of nitrogens with zero attached hydrogens (tertiary/aromatic N) is 1. The molecule has 2 amide bonds. The first kappa shape index (κ1) is 22.2. The maximum absolute atomic E-state index is 11.9. The predicted octanol–water partition coefficient (Wildman–Crippen LogP) is 5.07. The molecule has 2 N–H and O–H groups in total. The molecule has 8 heteroatoms. The molecule has 0 spiro atoms. The summed E-state index contributed by atoms with van der Waals surface area (Å²) in [5.41, 5.74) is 3.82. The fraction of sp³-hybridized carbons (Fsp3) is 0.130. The van der Waals surface area contributed by atoms with E-state index in [0.29, 0.717) is 34.9 Å². The molecule has 7 nitrogen and oxygen atoms in total. The number of hydrogen-bond donors (Lipinski definition) is 2. The zero-order valence-corrected chi connectivity index (χ0v) is 18.5. The molecule has 0 bridgehead atoms. The summed E-state index contributed by atoms with van der Waals surface area (Å²) in [6.07, 6.45) is 1.51. The largest absolute Gasteiger partial charge is 0.493 e. The van der Waals surface area contributed by atoms with E-state index in [0.717, 1.165) is 11.3 Å². The number of para-hydroxylation sites is 2. The van der Waals surface area contributed by atoms with Crippen LogP contribution in [-0.4, -0.2) is 32.6 Å². The molecule has 0 radical (unpaired) electrons. The van der Waals surface area contributed by atoms with Gasteiger partial charge in [0.25, 0.3) is 0 Å². The van der Waals surface area contributed by atoms with E-state index in [9.17, 15) is 4.79 Å². The van der Waals surface area contributed by atoms with Crippen LogP contribution in [0.25, 0.3) is 0 Å². The summed E-state index contributed by atoms with van der Waals surface area (Å²) in [7, 11) is 1.56. The van der Waals surface area contributed by atoms with Gasteiger partial charge in [0.1, 0.15) is 19.0 Å². The van der Waals surface area contributed by atoms with Crippen molar-refractivity contribution in [2.75, 3.05) is 25.6 Å². The van der Waals surface area contributed by atoms with E-state index in [4.69, 9.17) is 14.2 Å². The second-order valence-corrected chi connectivity index (χ2v) is 7.09. The number of urea groups is 1. The lowest BCUT2D eigenvalue weighted by atomic mass is 10.2. The Morgan fingerprint density at radius 2 is 1.68 bits per heavy atom. The molecule has 3 aromatic carbocycles. The Labute approximate surface area is 189 Å². The minimum atomic E-state index is -0.438.